The number of carbonyl (C=O) groups is 2. The smallest absolute Gasteiger partial charge is 0.317 e. The average Bonchev–Trinajstić information content (AvgIpc) is 2.80. The van der Waals surface area contributed by atoms with Crippen molar-refractivity contribution in [3.63, 3.8) is 0 Å². The molecule has 2 rings (SSSR count). The second-order valence-electron chi connectivity index (χ2n) is 6.28. The number of carboxylic acids is 1. The van der Waals surface area contributed by atoms with Crippen LogP contribution in [0.5, 0.6) is 0 Å². The maximum absolute atomic E-state index is 12.2. The number of amides is 2. The molecule has 0 aromatic carbocycles. The highest BCUT2D eigenvalue weighted by molar-refractivity contribution is 5.75. The van der Waals surface area contributed by atoms with Crippen LogP contribution in [0.1, 0.15) is 26.2 Å². The summed E-state index contributed by atoms with van der Waals surface area (Å²) < 4.78 is 0. The first-order valence-corrected chi connectivity index (χ1v) is 7.41. The zero-order valence-electron chi connectivity index (χ0n) is 12.3. The molecule has 114 valence electrons. The third kappa shape index (κ3) is 3.85. The van der Waals surface area contributed by atoms with Gasteiger partial charge in [0.25, 0.3) is 0 Å². The third-order valence-electron chi connectivity index (χ3n) is 4.45. The van der Waals surface area contributed by atoms with E-state index in [1.165, 1.54) is 0 Å². The molecule has 6 heteroatoms. The number of hydrogen-bond donors (Lipinski definition) is 2. The minimum atomic E-state index is -0.777. The molecule has 2 fully saturated rings. The summed E-state index contributed by atoms with van der Waals surface area (Å²) in [5, 5.41) is 11.9. The normalized spacial score (nSPS) is 31.3. The summed E-state index contributed by atoms with van der Waals surface area (Å²) in [6.07, 6.45) is 1.94. The molecule has 2 saturated heterocycles. The van der Waals surface area contributed by atoms with E-state index in [9.17, 15) is 9.59 Å². The van der Waals surface area contributed by atoms with E-state index in [2.05, 4.69) is 24.2 Å². The lowest BCUT2D eigenvalue weighted by Crippen LogP contribution is -2.52. The van der Waals surface area contributed by atoms with E-state index in [1.54, 1.807) is 4.90 Å². The maximum atomic E-state index is 12.2. The van der Waals surface area contributed by atoms with Crippen molar-refractivity contribution >= 4 is 12.0 Å². The summed E-state index contributed by atoms with van der Waals surface area (Å²) >= 11 is 0. The number of rotatable bonds is 3. The number of urea groups is 1. The third-order valence-corrected chi connectivity index (χ3v) is 4.45. The molecule has 2 aliphatic heterocycles. The van der Waals surface area contributed by atoms with Crippen LogP contribution < -0.4 is 5.32 Å². The lowest BCUT2D eigenvalue weighted by atomic mass is 9.94. The standard InChI is InChI=1S/C14H25N3O3/c1-10-8-16(2)5-4-12(10)15-14(20)17-6-3-11(9-17)7-13(18)19/h10-12H,3-9H2,1-2H3,(H,15,20)(H,18,19). The van der Waals surface area contributed by atoms with Gasteiger partial charge < -0.3 is 20.2 Å². The molecule has 0 radical (unpaired) electrons. The predicted octanol–water partition coefficient (Wildman–Crippen LogP) is 0.833. The Morgan fingerprint density at radius 3 is 2.65 bits per heavy atom. The Bertz CT molecular complexity index is 375. The second-order valence-corrected chi connectivity index (χ2v) is 6.28. The number of aliphatic carboxylic acids is 1. The fourth-order valence-electron chi connectivity index (χ4n) is 3.25. The minimum Gasteiger partial charge on any atom is -0.481 e. The van der Waals surface area contributed by atoms with E-state index in [0.717, 1.165) is 25.9 Å². The molecule has 0 bridgehead atoms. The quantitative estimate of drug-likeness (QED) is 0.805. The van der Waals surface area contributed by atoms with E-state index in [-0.39, 0.29) is 24.4 Å². The van der Waals surface area contributed by atoms with E-state index in [0.29, 0.717) is 19.0 Å². The lowest BCUT2D eigenvalue weighted by Gasteiger charge is -2.36. The van der Waals surface area contributed by atoms with Gasteiger partial charge in [0, 0.05) is 32.1 Å². The molecule has 20 heavy (non-hydrogen) atoms. The Morgan fingerprint density at radius 2 is 2.00 bits per heavy atom. The van der Waals surface area contributed by atoms with Crippen LogP contribution in [0.15, 0.2) is 0 Å². The van der Waals surface area contributed by atoms with Crippen LogP contribution in [-0.4, -0.2) is 66.2 Å². The van der Waals surface area contributed by atoms with E-state index >= 15 is 0 Å². The Morgan fingerprint density at radius 1 is 1.25 bits per heavy atom. The summed E-state index contributed by atoms with van der Waals surface area (Å²) in [6.45, 7) is 5.42. The van der Waals surface area contributed by atoms with E-state index in [1.807, 2.05) is 0 Å². The fourth-order valence-corrected chi connectivity index (χ4v) is 3.25. The van der Waals surface area contributed by atoms with Gasteiger partial charge in [0.15, 0.2) is 0 Å². The summed E-state index contributed by atoms with van der Waals surface area (Å²) in [7, 11) is 2.10. The number of carboxylic acid groups (broad SMARTS) is 1. The predicted molar refractivity (Wildman–Crippen MR) is 75.5 cm³/mol. The molecule has 0 aliphatic carbocycles. The fraction of sp³-hybridized carbons (Fsp3) is 0.857. The molecule has 2 amide bonds. The molecule has 2 aliphatic rings. The van der Waals surface area contributed by atoms with Crippen molar-refractivity contribution < 1.29 is 14.7 Å². The monoisotopic (exact) mass is 283 g/mol. The second kappa shape index (κ2) is 6.43. The van der Waals surface area contributed by atoms with Crippen molar-refractivity contribution in [1.82, 2.24) is 15.1 Å². The molecule has 0 aromatic heterocycles. The number of nitrogens with zero attached hydrogens (tertiary/aromatic N) is 2. The van der Waals surface area contributed by atoms with Gasteiger partial charge >= 0.3 is 12.0 Å². The van der Waals surface area contributed by atoms with Gasteiger partial charge in [-0.1, -0.05) is 6.92 Å². The molecule has 2 N–H and O–H groups in total. The molecule has 2 heterocycles. The molecule has 0 saturated carbocycles. The molecule has 6 nitrogen and oxygen atoms in total. The number of carbonyl (C=O) groups excluding carboxylic acids is 1. The molecule has 3 unspecified atom stereocenters. The van der Waals surface area contributed by atoms with E-state index < -0.39 is 5.97 Å². The van der Waals surface area contributed by atoms with Crippen molar-refractivity contribution in [2.75, 3.05) is 33.2 Å². The summed E-state index contributed by atoms with van der Waals surface area (Å²) in [6, 6.07) is 0.205. The molecule has 3 atom stereocenters. The largest absolute Gasteiger partial charge is 0.481 e. The van der Waals surface area contributed by atoms with E-state index in [4.69, 9.17) is 5.11 Å². The van der Waals surface area contributed by atoms with Crippen molar-refractivity contribution in [2.45, 2.75) is 32.2 Å². The van der Waals surface area contributed by atoms with Crippen LogP contribution in [0, 0.1) is 11.8 Å². The zero-order chi connectivity index (χ0) is 14.7. The Kier molecular flexibility index (Phi) is 4.86. The number of hydrogen-bond acceptors (Lipinski definition) is 3. The van der Waals surface area contributed by atoms with Gasteiger partial charge in [0.05, 0.1) is 0 Å². The number of likely N-dealkylation sites (tertiary alicyclic amines) is 2. The Hall–Kier alpha value is -1.30. The van der Waals surface area contributed by atoms with Crippen LogP contribution in [0.2, 0.25) is 0 Å². The summed E-state index contributed by atoms with van der Waals surface area (Å²) in [5.74, 6) is -0.218. The lowest BCUT2D eigenvalue weighted by molar-refractivity contribution is -0.138. The minimum absolute atomic E-state index is 0.0284. The topological polar surface area (TPSA) is 72.9 Å². The van der Waals surface area contributed by atoms with Crippen molar-refractivity contribution in [1.29, 1.82) is 0 Å². The van der Waals surface area contributed by atoms with Crippen LogP contribution in [-0.2, 0) is 4.79 Å². The first-order chi connectivity index (χ1) is 9.45. The van der Waals surface area contributed by atoms with Crippen LogP contribution >= 0.6 is 0 Å². The highest BCUT2D eigenvalue weighted by Crippen LogP contribution is 2.21. The van der Waals surface area contributed by atoms with Crippen LogP contribution in [0.25, 0.3) is 0 Å². The Balaban J connectivity index is 1.79. The van der Waals surface area contributed by atoms with Crippen molar-refractivity contribution in [3.05, 3.63) is 0 Å². The SMILES string of the molecule is CC1CN(C)CCC1NC(=O)N1CCC(CC(=O)O)C1. The highest BCUT2D eigenvalue weighted by atomic mass is 16.4. The molecular formula is C14H25N3O3. The van der Waals surface area contributed by atoms with Crippen molar-refractivity contribution in [2.24, 2.45) is 11.8 Å². The van der Waals surface area contributed by atoms with Gasteiger partial charge in [-0.05, 0) is 38.3 Å². The van der Waals surface area contributed by atoms with Crippen LogP contribution in [0.3, 0.4) is 0 Å². The zero-order valence-corrected chi connectivity index (χ0v) is 12.3. The molecule has 0 spiro atoms. The molecular weight excluding hydrogens is 258 g/mol. The summed E-state index contributed by atoms with van der Waals surface area (Å²) in [4.78, 5) is 27.0. The van der Waals surface area contributed by atoms with Gasteiger partial charge in [-0.25, -0.2) is 4.79 Å². The first-order valence-electron chi connectivity index (χ1n) is 7.41. The number of piperidine rings is 1. The van der Waals surface area contributed by atoms with Gasteiger partial charge in [0.2, 0.25) is 0 Å². The first kappa shape index (κ1) is 15.1. The van der Waals surface area contributed by atoms with Gasteiger partial charge in [-0.2, -0.15) is 0 Å². The van der Waals surface area contributed by atoms with Gasteiger partial charge in [-0.15, -0.1) is 0 Å². The summed E-state index contributed by atoms with van der Waals surface area (Å²) in [5.41, 5.74) is 0. The van der Waals surface area contributed by atoms with Gasteiger partial charge in [0.1, 0.15) is 0 Å². The van der Waals surface area contributed by atoms with Crippen molar-refractivity contribution in [3.8, 4) is 0 Å². The van der Waals surface area contributed by atoms with Crippen LogP contribution in [0.4, 0.5) is 4.79 Å². The average molecular weight is 283 g/mol. The molecule has 0 aromatic rings. The maximum Gasteiger partial charge on any atom is 0.317 e. The number of nitrogens with one attached hydrogen (secondary N) is 1. The highest BCUT2D eigenvalue weighted by Gasteiger charge is 2.31. The van der Waals surface area contributed by atoms with Gasteiger partial charge in [-0.3, -0.25) is 4.79 Å². The Labute approximate surface area is 120 Å².